The highest BCUT2D eigenvalue weighted by Gasteiger charge is 2.50. The van der Waals surface area contributed by atoms with Crippen LogP contribution in [0.4, 0.5) is 0 Å². The predicted octanol–water partition coefficient (Wildman–Crippen LogP) is 1.39. The molecule has 3 N–H and O–H groups in total. The van der Waals surface area contributed by atoms with Crippen molar-refractivity contribution in [1.29, 1.82) is 0 Å². The average Bonchev–Trinajstić information content (AvgIpc) is 2.18. The van der Waals surface area contributed by atoms with Crippen LogP contribution in [0, 0.1) is 16.7 Å². The molecule has 110 valence electrons. The minimum Gasteiger partial charge on any atom is -0.392 e. The molecule has 0 atom stereocenters. The van der Waals surface area contributed by atoms with Crippen molar-refractivity contribution in [2.75, 3.05) is 27.2 Å². The van der Waals surface area contributed by atoms with Gasteiger partial charge in [0.2, 0.25) is 5.91 Å². The molecule has 0 bridgehead atoms. The Morgan fingerprint density at radius 3 is 2.37 bits per heavy atom. The van der Waals surface area contributed by atoms with E-state index < -0.39 is 5.41 Å². The Hall–Kier alpha value is -0.680. The summed E-state index contributed by atoms with van der Waals surface area (Å²) in [5, 5.41) is 3.04. The number of amides is 1. The van der Waals surface area contributed by atoms with E-state index in [2.05, 4.69) is 31.0 Å². The molecule has 1 saturated carbocycles. The topological polar surface area (TPSA) is 58.4 Å². The van der Waals surface area contributed by atoms with Crippen LogP contribution in [0.25, 0.3) is 0 Å². The molecule has 1 aliphatic rings. The molecular weight excluding hydrogens is 258 g/mol. The smallest absolute Gasteiger partial charge is 0.233 e. The number of rotatable bonds is 6. The summed E-state index contributed by atoms with van der Waals surface area (Å²) in [4.78, 5) is 14.8. The maximum atomic E-state index is 12.4. The Bertz CT molecular complexity index is 360. The van der Waals surface area contributed by atoms with Crippen molar-refractivity contribution in [2.45, 2.75) is 33.6 Å². The molecule has 1 rings (SSSR count). The zero-order chi connectivity index (χ0) is 14.8. The Balaban J connectivity index is 2.58. The summed E-state index contributed by atoms with van der Waals surface area (Å²) in [5.74, 6) is 0.534. The van der Waals surface area contributed by atoms with Gasteiger partial charge in [0.1, 0.15) is 0 Å². The molecule has 1 aliphatic carbocycles. The minimum atomic E-state index is -0.594. The Morgan fingerprint density at radius 2 is 2.00 bits per heavy atom. The van der Waals surface area contributed by atoms with E-state index in [1.807, 2.05) is 14.1 Å². The molecule has 0 unspecified atom stereocenters. The van der Waals surface area contributed by atoms with Gasteiger partial charge < -0.3 is 16.0 Å². The van der Waals surface area contributed by atoms with Gasteiger partial charge in [-0.15, -0.1) is 0 Å². The van der Waals surface area contributed by atoms with Gasteiger partial charge in [-0.05, 0) is 38.3 Å². The lowest BCUT2D eigenvalue weighted by atomic mass is 9.62. The van der Waals surface area contributed by atoms with Gasteiger partial charge in [-0.25, -0.2) is 0 Å². The molecule has 0 aromatic heterocycles. The number of thiocarbonyl (C=S) groups is 1. The van der Waals surface area contributed by atoms with Gasteiger partial charge >= 0.3 is 0 Å². The second-order valence-corrected chi connectivity index (χ2v) is 7.48. The van der Waals surface area contributed by atoms with Crippen molar-refractivity contribution in [1.82, 2.24) is 10.2 Å². The monoisotopic (exact) mass is 285 g/mol. The van der Waals surface area contributed by atoms with Gasteiger partial charge in [0.25, 0.3) is 0 Å². The third kappa shape index (κ3) is 3.89. The molecule has 0 saturated heterocycles. The third-order valence-electron chi connectivity index (χ3n) is 3.77. The highest BCUT2D eigenvalue weighted by molar-refractivity contribution is 7.80. The molecule has 1 amide bonds. The summed E-state index contributed by atoms with van der Waals surface area (Å²) in [5.41, 5.74) is 5.22. The van der Waals surface area contributed by atoms with Crippen molar-refractivity contribution >= 4 is 23.1 Å². The predicted molar refractivity (Wildman–Crippen MR) is 83.0 cm³/mol. The Morgan fingerprint density at radius 1 is 1.47 bits per heavy atom. The molecule has 0 aliphatic heterocycles. The molecule has 0 heterocycles. The largest absolute Gasteiger partial charge is 0.392 e. The molecule has 0 aromatic rings. The fourth-order valence-corrected chi connectivity index (χ4v) is 3.29. The first-order valence-corrected chi connectivity index (χ1v) is 7.23. The van der Waals surface area contributed by atoms with Crippen molar-refractivity contribution in [3.63, 3.8) is 0 Å². The van der Waals surface area contributed by atoms with Gasteiger partial charge in [0.15, 0.2) is 0 Å². The summed E-state index contributed by atoms with van der Waals surface area (Å²) in [6.07, 6.45) is 1.56. The van der Waals surface area contributed by atoms with Crippen LogP contribution in [0.2, 0.25) is 0 Å². The van der Waals surface area contributed by atoms with E-state index in [0.717, 1.165) is 19.4 Å². The fourth-order valence-electron chi connectivity index (χ4n) is 3.03. The van der Waals surface area contributed by atoms with E-state index in [4.69, 9.17) is 18.0 Å². The van der Waals surface area contributed by atoms with Crippen LogP contribution in [-0.2, 0) is 4.79 Å². The van der Waals surface area contributed by atoms with Gasteiger partial charge in [0.05, 0.1) is 10.4 Å². The maximum Gasteiger partial charge on any atom is 0.233 e. The lowest BCUT2D eigenvalue weighted by Crippen LogP contribution is -2.57. The van der Waals surface area contributed by atoms with Crippen molar-refractivity contribution in [2.24, 2.45) is 22.5 Å². The number of carbonyl (C=O) groups is 1. The molecule has 0 aromatic carbocycles. The molecule has 0 radical (unpaired) electrons. The van der Waals surface area contributed by atoms with E-state index in [1.54, 1.807) is 0 Å². The van der Waals surface area contributed by atoms with Gasteiger partial charge in [-0.3, -0.25) is 4.79 Å². The average molecular weight is 285 g/mol. The van der Waals surface area contributed by atoms with Crippen LogP contribution in [0.3, 0.4) is 0 Å². The normalized spacial score (nSPS) is 26.9. The molecule has 0 spiro atoms. The highest BCUT2D eigenvalue weighted by atomic mass is 32.1. The first kappa shape index (κ1) is 16.4. The summed E-state index contributed by atoms with van der Waals surface area (Å²) in [6, 6.07) is 0. The number of hydrogen-bond donors (Lipinski definition) is 2. The quantitative estimate of drug-likeness (QED) is 0.724. The van der Waals surface area contributed by atoms with Crippen molar-refractivity contribution in [3.05, 3.63) is 0 Å². The summed E-state index contributed by atoms with van der Waals surface area (Å²) < 4.78 is 0. The van der Waals surface area contributed by atoms with Gasteiger partial charge in [-0.1, -0.05) is 33.0 Å². The SMILES string of the molecule is CC1CC(C(=O)NCC(C)(C)CN(C)C)(C(N)=S)C1. The van der Waals surface area contributed by atoms with Crippen LogP contribution in [0.5, 0.6) is 0 Å². The second kappa shape index (κ2) is 5.75. The van der Waals surface area contributed by atoms with Crippen molar-refractivity contribution < 1.29 is 4.79 Å². The van der Waals surface area contributed by atoms with Gasteiger partial charge in [0, 0.05) is 13.1 Å². The van der Waals surface area contributed by atoms with Crippen LogP contribution in [-0.4, -0.2) is 43.0 Å². The number of nitrogens with zero attached hydrogens (tertiary/aromatic N) is 1. The van der Waals surface area contributed by atoms with Crippen LogP contribution < -0.4 is 11.1 Å². The van der Waals surface area contributed by atoms with Crippen LogP contribution in [0.1, 0.15) is 33.6 Å². The van der Waals surface area contributed by atoms with Gasteiger partial charge in [-0.2, -0.15) is 0 Å². The number of carbonyl (C=O) groups excluding carboxylic acids is 1. The number of nitrogens with one attached hydrogen (secondary N) is 1. The molecule has 1 fully saturated rings. The lowest BCUT2D eigenvalue weighted by Gasteiger charge is -2.44. The fraction of sp³-hybridized carbons (Fsp3) is 0.857. The summed E-state index contributed by atoms with van der Waals surface area (Å²) >= 11 is 5.10. The maximum absolute atomic E-state index is 12.4. The Kier molecular flexibility index (Phi) is 4.96. The van der Waals surface area contributed by atoms with E-state index in [-0.39, 0.29) is 11.3 Å². The summed E-state index contributed by atoms with van der Waals surface area (Å²) in [7, 11) is 4.07. The van der Waals surface area contributed by atoms with Crippen LogP contribution >= 0.6 is 12.2 Å². The zero-order valence-corrected chi connectivity index (χ0v) is 13.6. The third-order valence-corrected chi connectivity index (χ3v) is 4.16. The highest BCUT2D eigenvalue weighted by Crippen LogP contribution is 2.46. The molecule has 4 nitrogen and oxygen atoms in total. The summed E-state index contributed by atoms with van der Waals surface area (Å²) in [6.45, 7) is 7.97. The number of nitrogens with two attached hydrogens (primary N) is 1. The second-order valence-electron chi connectivity index (χ2n) is 7.04. The molecule has 5 heteroatoms. The first-order valence-electron chi connectivity index (χ1n) is 6.82. The van der Waals surface area contributed by atoms with E-state index in [0.29, 0.717) is 17.5 Å². The standard InChI is InChI=1S/C14H27N3OS/c1-10-6-14(7-10,11(15)19)12(18)16-8-13(2,3)9-17(4)5/h10H,6-9H2,1-5H3,(H2,15,19)(H,16,18). The number of hydrogen-bond acceptors (Lipinski definition) is 3. The van der Waals surface area contributed by atoms with E-state index in [9.17, 15) is 4.79 Å². The lowest BCUT2D eigenvalue weighted by molar-refractivity contribution is -0.133. The van der Waals surface area contributed by atoms with E-state index in [1.165, 1.54) is 0 Å². The first-order chi connectivity index (χ1) is 8.59. The zero-order valence-electron chi connectivity index (χ0n) is 12.7. The van der Waals surface area contributed by atoms with Crippen molar-refractivity contribution in [3.8, 4) is 0 Å². The van der Waals surface area contributed by atoms with E-state index >= 15 is 0 Å². The molecular formula is C14H27N3OS. The molecule has 19 heavy (non-hydrogen) atoms. The minimum absolute atomic E-state index is 0.00457. The van der Waals surface area contributed by atoms with Crippen LogP contribution in [0.15, 0.2) is 0 Å². The Labute approximate surface area is 122 Å².